The molecule has 20 heavy (non-hydrogen) atoms. The molecule has 1 saturated heterocycles. The van der Waals surface area contributed by atoms with E-state index in [1.54, 1.807) is 6.20 Å². The molecular weight excluding hydrogens is 252 g/mol. The van der Waals surface area contributed by atoms with Crippen molar-refractivity contribution in [3.8, 4) is 0 Å². The minimum Gasteiger partial charge on any atom is -0.368 e. The van der Waals surface area contributed by atoms with Crippen molar-refractivity contribution in [2.24, 2.45) is 0 Å². The van der Waals surface area contributed by atoms with Gasteiger partial charge in [0, 0.05) is 36.6 Å². The lowest BCUT2D eigenvalue weighted by atomic mass is 10.1. The van der Waals surface area contributed by atoms with Gasteiger partial charge in [-0.25, -0.2) is 19.9 Å². The van der Waals surface area contributed by atoms with Gasteiger partial charge in [0.25, 0.3) is 0 Å². The Morgan fingerprint density at radius 3 is 2.65 bits per heavy atom. The smallest absolute Gasteiger partial charge is 0.225 e. The Hall–Kier alpha value is -2.24. The van der Waals surface area contributed by atoms with Gasteiger partial charge in [0.2, 0.25) is 11.9 Å². The minimum absolute atomic E-state index is 0.337. The summed E-state index contributed by atoms with van der Waals surface area (Å²) in [5.41, 5.74) is 8.66. The highest BCUT2D eigenvalue weighted by Crippen LogP contribution is 2.28. The quantitative estimate of drug-likeness (QED) is 0.889. The van der Waals surface area contributed by atoms with Crippen LogP contribution in [-0.2, 0) is 0 Å². The van der Waals surface area contributed by atoms with Crippen molar-refractivity contribution in [2.45, 2.75) is 26.2 Å². The van der Waals surface area contributed by atoms with E-state index < -0.39 is 0 Å². The zero-order valence-corrected chi connectivity index (χ0v) is 11.7. The summed E-state index contributed by atoms with van der Waals surface area (Å²) in [7, 11) is 0. The molecule has 1 atom stereocenters. The fourth-order valence-electron chi connectivity index (χ4n) is 2.65. The van der Waals surface area contributed by atoms with Crippen LogP contribution in [0.3, 0.4) is 0 Å². The van der Waals surface area contributed by atoms with Gasteiger partial charge in [0.1, 0.15) is 0 Å². The molecule has 1 aliphatic heterocycles. The number of anilines is 2. The Kier molecular flexibility index (Phi) is 3.22. The Morgan fingerprint density at radius 1 is 1.20 bits per heavy atom. The summed E-state index contributed by atoms with van der Waals surface area (Å²) in [6, 6.07) is 3.93. The van der Waals surface area contributed by atoms with Crippen molar-refractivity contribution in [2.75, 3.05) is 23.7 Å². The third-order valence-electron chi connectivity index (χ3n) is 3.56. The van der Waals surface area contributed by atoms with Gasteiger partial charge in [0.05, 0.1) is 5.69 Å². The molecule has 0 spiro atoms. The highest BCUT2D eigenvalue weighted by molar-refractivity contribution is 5.36. The van der Waals surface area contributed by atoms with E-state index in [-0.39, 0.29) is 0 Å². The SMILES string of the molecule is Cc1cc(C)nc(N2CCC(c3ccnc(N)n3)C2)n1. The Labute approximate surface area is 118 Å². The van der Waals surface area contributed by atoms with Gasteiger partial charge < -0.3 is 10.6 Å². The molecule has 2 N–H and O–H groups in total. The predicted octanol–water partition coefficient (Wildman–Crippen LogP) is 1.46. The molecule has 0 amide bonds. The molecule has 0 aromatic carbocycles. The van der Waals surface area contributed by atoms with Crippen molar-refractivity contribution in [3.05, 3.63) is 35.4 Å². The summed E-state index contributed by atoms with van der Waals surface area (Å²) in [6.45, 7) is 5.81. The third kappa shape index (κ3) is 2.54. The van der Waals surface area contributed by atoms with Crippen molar-refractivity contribution in [3.63, 3.8) is 0 Å². The first-order chi connectivity index (χ1) is 9.61. The van der Waals surface area contributed by atoms with E-state index in [2.05, 4.69) is 24.8 Å². The van der Waals surface area contributed by atoms with Crippen LogP contribution in [0.15, 0.2) is 18.3 Å². The van der Waals surface area contributed by atoms with E-state index in [1.807, 2.05) is 26.0 Å². The van der Waals surface area contributed by atoms with Gasteiger partial charge in [0.15, 0.2) is 0 Å². The number of aryl methyl sites for hydroxylation is 2. The van der Waals surface area contributed by atoms with Gasteiger partial charge in [-0.15, -0.1) is 0 Å². The van der Waals surface area contributed by atoms with Gasteiger partial charge >= 0.3 is 0 Å². The number of nitrogens with zero attached hydrogens (tertiary/aromatic N) is 5. The van der Waals surface area contributed by atoms with E-state index in [4.69, 9.17) is 5.73 Å². The summed E-state index contributed by atoms with van der Waals surface area (Å²) in [5, 5.41) is 0. The maximum atomic E-state index is 5.65. The van der Waals surface area contributed by atoms with Crippen LogP contribution < -0.4 is 10.6 Å². The predicted molar refractivity (Wildman–Crippen MR) is 77.5 cm³/mol. The second-order valence-electron chi connectivity index (χ2n) is 5.22. The number of rotatable bonds is 2. The van der Waals surface area contributed by atoms with Crippen molar-refractivity contribution >= 4 is 11.9 Å². The Bertz CT molecular complexity index is 607. The maximum absolute atomic E-state index is 5.65. The zero-order chi connectivity index (χ0) is 14.1. The van der Waals surface area contributed by atoms with E-state index in [9.17, 15) is 0 Å². The summed E-state index contributed by atoms with van der Waals surface area (Å²) in [6.07, 6.45) is 2.75. The fraction of sp³-hybridized carbons (Fsp3) is 0.429. The first kappa shape index (κ1) is 12.8. The second kappa shape index (κ2) is 5.03. The Balaban J connectivity index is 1.79. The molecular formula is C14H18N6. The molecule has 2 aromatic rings. The molecule has 3 heterocycles. The highest BCUT2D eigenvalue weighted by Gasteiger charge is 2.26. The number of nitrogen functional groups attached to an aromatic ring is 1. The maximum Gasteiger partial charge on any atom is 0.225 e. The molecule has 3 rings (SSSR count). The summed E-state index contributed by atoms with van der Waals surface area (Å²) < 4.78 is 0. The summed E-state index contributed by atoms with van der Waals surface area (Å²) in [5.74, 6) is 1.51. The van der Waals surface area contributed by atoms with Crippen molar-refractivity contribution in [1.82, 2.24) is 19.9 Å². The fourth-order valence-corrected chi connectivity index (χ4v) is 2.65. The molecule has 1 unspecified atom stereocenters. The lowest BCUT2D eigenvalue weighted by Gasteiger charge is -2.17. The molecule has 2 aromatic heterocycles. The molecule has 104 valence electrons. The lowest BCUT2D eigenvalue weighted by molar-refractivity contribution is 0.739. The molecule has 6 heteroatoms. The van der Waals surface area contributed by atoms with Gasteiger partial charge in [-0.05, 0) is 32.4 Å². The average Bonchev–Trinajstić information content (AvgIpc) is 2.87. The van der Waals surface area contributed by atoms with E-state index in [0.717, 1.165) is 42.5 Å². The van der Waals surface area contributed by atoms with Crippen LogP contribution in [0.5, 0.6) is 0 Å². The lowest BCUT2D eigenvalue weighted by Crippen LogP contribution is -2.22. The largest absolute Gasteiger partial charge is 0.368 e. The van der Waals surface area contributed by atoms with E-state index in [1.165, 1.54) is 0 Å². The van der Waals surface area contributed by atoms with Crippen LogP contribution in [0.4, 0.5) is 11.9 Å². The minimum atomic E-state index is 0.337. The second-order valence-corrected chi connectivity index (χ2v) is 5.22. The van der Waals surface area contributed by atoms with Crippen molar-refractivity contribution < 1.29 is 0 Å². The van der Waals surface area contributed by atoms with Crippen LogP contribution >= 0.6 is 0 Å². The van der Waals surface area contributed by atoms with E-state index >= 15 is 0 Å². The third-order valence-corrected chi connectivity index (χ3v) is 3.56. The number of aromatic nitrogens is 4. The van der Waals surface area contributed by atoms with Gasteiger partial charge in [-0.2, -0.15) is 0 Å². The van der Waals surface area contributed by atoms with Crippen LogP contribution in [-0.4, -0.2) is 33.0 Å². The topological polar surface area (TPSA) is 80.8 Å². The standard InChI is InChI=1S/C14H18N6/c1-9-7-10(2)18-14(17-9)20-6-4-11(8-20)12-3-5-16-13(15)19-12/h3,5,7,11H,4,6,8H2,1-2H3,(H2,15,16,19). The molecule has 0 bridgehead atoms. The van der Waals surface area contributed by atoms with Crippen LogP contribution in [0.1, 0.15) is 29.4 Å². The normalized spacial score (nSPS) is 18.5. The number of hydrogen-bond acceptors (Lipinski definition) is 6. The zero-order valence-electron chi connectivity index (χ0n) is 11.7. The summed E-state index contributed by atoms with van der Waals surface area (Å²) in [4.78, 5) is 19.5. The first-order valence-corrected chi connectivity index (χ1v) is 6.77. The van der Waals surface area contributed by atoms with Crippen LogP contribution in [0, 0.1) is 13.8 Å². The molecule has 6 nitrogen and oxygen atoms in total. The van der Waals surface area contributed by atoms with Gasteiger partial charge in [-0.1, -0.05) is 0 Å². The molecule has 1 fully saturated rings. The molecule has 0 saturated carbocycles. The summed E-state index contributed by atoms with van der Waals surface area (Å²) >= 11 is 0. The van der Waals surface area contributed by atoms with Crippen LogP contribution in [0.2, 0.25) is 0 Å². The number of hydrogen-bond donors (Lipinski definition) is 1. The van der Waals surface area contributed by atoms with Gasteiger partial charge in [-0.3, -0.25) is 0 Å². The first-order valence-electron chi connectivity index (χ1n) is 6.77. The molecule has 0 aliphatic carbocycles. The van der Waals surface area contributed by atoms with Crippen molar-refractivity contribution in [1.29, 1.82) is 0 Å². The van der Waals surface area contributed by atoms with E-state index in [0.29, 0.717) is 11.9 Å². The highest BCUT2D eigenvalue weighted by atomic mass is 15.3. The Morgan fingerprint density at radius 2 is 1.95 bits per heavy atom. The monoisotopic (exact) mass is 270 g/mol. The molecule has 0 radical (unpaired) electrons. The van der Waals surface area contributed by atoms with Crippen LogP contribution in [0.25, 0.3) is 0 Å². The average molecular weight is 270 g/mol. The number of nitrogens with two attached hydrogens (primary N) is 1. The molecule has 1 aliphatic rings.